The van der Waals surface area contributed by atoms with Gasteiger partial charge >= 0.3 is 0 Å². The van der Waals surface area contributed by atoms with E-state index in [0.29, 0.717) is 10.2 Å². The van der Waals surface area contributed by atoms with Crippen LogP contribution in [0.5, 0.6) is 5.75 Å². The van der Waals surface area contributed by atoms with Crippen LogP contribution in [0, 0.1) is 5.41 Å². The van der Waals surface area contributed by atoms with Gasteiger partial charge in [0.15, 0.2) is 0 Å². The lowest BCUT2D eigenvalue weighted by atomic mass is 9.88. The van der Waals surface area contributed by atoms with E-state index in [9.17, 15) is 0 Å². The van der Waals surface area contributed by atoms with Gasteiger partial charge in [-0.3, -0.25) is 0 Å². The van der Waals surface area contributed by atoms with E-state index in [0.717, 1.165) is 12.2 Å². The summed E-state index contributed by atoms with van der Waals surface area (Å²) in [6.07, 6.45) is 1.12. The van der Waals surface area contributed by atoms with Gasteiger partial charge < -0.3 is 4.74 Å². The molecular formula is C17H21BrO. The quantitative estimate of drug-likeness (QED) is 0.657. The lowest BCUT2D eigenvalue weighted by Gasteiger charge is -2.22. The van der Waals surface area contributed by atoms with Crippen molar-refractivity contribution in [1.82, 2.24) is 0 Å². The van der Waals surface area contributed by atoms with E-state index < -0.39 is 0 Å². The number of methoxy groups -OCH3 is 1. The van der Waals surface area contributed by atoms with Crippen molar-refractivity contribution in [3.05, 3.63) is 42.0 Å². The second-order valence-electron chi connectivity index (χ2n) is 6.20. The number of hydrogen-bond donors (Lipinski definition) is 0. The molecule has 0 spiro atoms. The molecule has 0 amide bonds. The first-order valence-electron chi connectivity index (χ1n) is 6.61. The third-order valence-corrected chi connectivity index (χ3v) is 4.08. The number of halogens is 1. The fraction of sp³-hybridized carbons (Fsp3) is 0.412. The highest BCUT2D eigenvalue weighted by molar-refractivity contribution is 9.09. The van der Waals surface area contributed by atoms with Crippen LogP contribution in [0.15, 0.2) is 36.4 Å². The summed E-state index contributed by atoms with van der Waals surface area (Å²) >= 11 is 3.81. The summed E-state index contributed by atoms with van der Waals surface area (Å²) in [5.74, 6) is 0.908. The maximum atomic E-state index is 5.26. The molecule has 0 saturated heterocycles. The van der Waals surface area contributed by atoms with Crippen LogP contribution in [-0.4, -0.2) is 7.11 Å². The Hall–Kier alpha value is -1.02. The molecule has 1 nitrogen and oxygen atoms in total. The first-order chi connectivity index (χ1) is 8.89. The van der Waals surface area contributed by atoms with Crippen LogP contribution in [0.3, 0.4) is 0 Å². The SMILES string of the molecule is COc1ccc2cc(C(Br)CC(C)(C)C)ccc2c1. The van der Waals surface area contributed by atoms with Gasteiger partial charge in [-0.15, -0.1) is 0 Å². The van der Waals surface area contributed by atoms with Gasteiger partial charge in [0, 0.05) is 4.83 Å². The average Bonchev–Trinajstić information content (AvgIpc) is 2.35. The predicted octanol–water partition coefficient (Wildman–Crippen LogP) is 5.72. The fourth-order valence-corrected chi connectivity index (χ4v) is 3.48. The van der Waals surface area contributed by atoms with E-state index in [1.807, 2.05) is 6.07 Å². The van der Waals surface area contributed by atoms with Crippen molar-refractivity contribution in [3.8, 4) is 5.75 Å². The van der Waals surface area contributed by atoms with Gasteiger partial charge in [0.05, 0.1) is 7.11 Å². The molecule has 0 saturated carbocycles. The van der Waals surface area contributed by atoms with Crippen LogP contribution in [0.2, 0.25) is 0 Å². The Bertz CT molecular complexity index is 569. The van der Waals surface area contributed by atoms with Crippen molar-refractivity contribution in [2.45, 2.75) is 32.0 Å². The van der Waals surface area contributed by atoms with E-state index in [2.05, 4.69) is 67.0 Å². The van der Waals surface area contributed by atoms with E-state index in [4.69, 9.17) is 4.74 Å². The Morgan fingerprint density at radius 1 is 1.05 bits per heavy atom. The zero-order valence-electron chi connectivity index (χ0n) is 12.0. The molecule has 2 rings (SSSR count). The predicted molar refractivity (Wildman–Crippen MR) is 86.2 cm³/mol. The van der Waals surface area contributed by atoms with Crippen LogP contribution in [0.4, 0.5) is 0 Å². The summed E-state index contributed by atoms with van der Waals surface area (Å²) in [6.45, 7) is 6.81. The molecule has 0 aliphatic rings. The molecule has 2 aromatic rings. The second-order valence-corrected chi connectivity index (χ2v) is 7.31. The summed E-state index contributed by atoms with van der Waals surface area (Å²) < 4.78 is 5.26. The smallest absolute Gasteiger partial charge is 0.119 e. The van der Waals surface area contributed by atoms with E-state index >= 15 is 0 Å². The third-order valence-electron chi connectivity index (χ3n) is 3.22. The summed E-state index contributed by atoms with van der Waals surface area (Å²) in [5, 5.41) is 2.48. The molecule has 0 fully saturated rings. The highest BCUT2D eigenvalue weighted by Crippen LogP contribution is 2.36. The van der Waals surface area contributed by atoms with Gasteiger partial charge in [-0.1, -0.05) is 61.0 Å². The summed E-state index contributed by atoms with van der Waals surface area (Å²) in [4.78, 5) is 0.402. The molecule has 0 aromatic heterocycles. The maximum Gasteiger partial charge on any atom is 0.119 e. The Morgan fingerprint density at radius 2 is 1.68 bits per heavy atom. The molecule has 19 heavy (non-hydrogen) atoms. The summed E-state index contributed by atoms with van der Waals surface area (Å²) in [7, 11) is 1.70. The molecule has 0 heterocycles. The molecule has 2 aromatic carbocycles. The number of alkyl halides is 1. The Morgan fingerprint density at radius 3 is 2.32 bits per heavy atom. The topological polar surface area (TPSA) is 9.23 Å². The number of ether oxygens (including phenoxy) is 1. The average molecular weight is 321 g/mol. The van der Waals surface area contributed by atoms with Crippen molar-refractivity contribution in [1.29, 1.82) is 0 Å². The highest BCUT2D eigenvalue weighted by atomic mass is 79.9. The van der Waals surface area contributed by atoms with Gasteiger partial charge in [0.25, 0.3) is 0 Å². The lowest BCUT2D eigenvalue weighted by Crippen LogP contribution is -2.08. The molecule has 0 aliphatic carbocycles. The van der Waals surface area contributed by atoms with E-state index in [1.165, 1.54) is 16.3 Å². The molecule has 0 bridgehead atoms. The van der Waals surface area contributed by atoms with Crippen molar-refractivity contribution in [2.24, 2.45) is 5.41 Å². The molecule has 2 heteroatoms. The zero-order valence-corrected chi connectivity index (χ0v) is 13.6. The molecular weight excluding hydrogens is 300 g/mol. The Labute approximate surface area is 124 Å². The van der Waals surface area contributed by atoms with Gasteiger partial charge in [0.2, 0.25) is 0 Å². The number of rotatable bonds is 3. The van der Waals surface area contributed by atoms with Gasteiger partial charge in [0.1, 0.15) is 5.75 Å². The Balaban J connectivity index is 2.31. The summed E-state index contributed by atoms with van der Waals surface area (Å²) in [6, 6.07) is 12.8. The standard InChI is InChI=1S/C17H21BrO/c1-17(2,3)11-16(18)14-6-5-13-10-15(19-4)8-7-12(13)9-14/h5-10,16H,11H2,1-4H3. The van der Waals surface area contributed by atoms with Gasteiger partial charge in [-0.05, 0) is 40.3 Å². The molecule has 0 radical (unpaired) electrons. The highest BCUT2D eigenvalue weighted by Gasteiger charge is 2.18. The lowest BCUT2D eigenvalue weighted by molar-refractivity contribution is 0.377. The van der Waals surface area contributed by atoms with Crippen molar-refractivity contribution < 1.29 is 4.74 Å². The van der Waals surface area contributed by atoms with Crippen molar-refractivity contribution in [2.75, 3.05) is 7.11 Å². The maximum absolute atomic E-state index is 5.26. The number of hydrogen-bond acceptors (Lipinski definition) is 1. The fourth-order valence-electron chi connectivity index (χ4n) is 2.22. The first-order valence-corrected chi connectivity index (χ1v) is 7.52. The van der Waals surface area contributed by atoms with Crippen LogP contribution >= 0.6 is 15.9 Å². The monoisotopic (exact) mass is 320 g/mol. The van der Waals surface area contributed by atoms with Crippen molar-refractivity contribution in [3.63, 3.8) is 0 Å². The minimum Gasteiger partial charge on any atom is -0.497 e. The van der Waals surface area contributed by atoms with Crippen LogP contribution < -0.4 is 4.74 Å². The van der Waals surface area contributed by atoms with E-state index in [-0.39, 0.29) is 0 Å². The van der Waals surface area contributed by atoms with Crippen LogP contribution in [0.25, 0.3) is 10.8 Å². The minimum atomic E-state index is 0.322. The first kappa shape index (κ1) is 14.4. The number of benzene rings is 2. The summed E-state index contributed by atoms with van der Waals surface area (Å²) in [5.41, 5.74) is 1.66. The largest absolute Gasteiger partial charge is 0.497 e. The van der Waals surface area contributed by atoms with Crippen molar-refractivity contribution >= 4 is 26.7 Å². The van der Waals surface area contributed by atoms with Crippen LogP contribution in [0.1, 0.15) is 37.6 Å². The molecule has 1 unspecified atom stereocenters. The van der Waals surface area contributed by atoms with Crippen LogP contribution in [-0.2, 0) is 0 Å². The van der Waals surface area contributed by atoms with E-state index in [1.54, 1.807) is 7.11 Å². The molecule has 1 atom stereocenters. The zero-order chi connectivity index (χ0) is 14.0. The van der Waals surface area contributed by atoms with Gasteiger partial charge in [-0.25, -0.2) is 0 Å². The minimum absolute atomic E-state index is 0.322. The second kappa shape index (κ2) is 5.54. The number of fused-ring (bicyclic) bond motifs is 1. The normalized spacial score (nSPS) is 13.5. The third kappa shape index (κ3) is 3.73. The molecule has 0 aliphatic heterocycles. The van der Waals surface area contributed by atoms with Gasteiger partial charge in [-0.2, -0.15) is 0 Å². The molecule has 0 N–H and O–H groups in total. The molecule has 102 valence electrons. The Kier molecular flexibility index (Phi) is 4.19.